The lowest BCUT2D eigenvalue weighted by atomic mass is 10.0. The molecule has 4 nitrogen and oxygen atoms in total. The molecule has 3 rings (SSSR count). The van der Waals surface area contributed by atoms with E-state index >= 15 is 0 Å². The summed E-state index contributed by atoms with van der Waals surface area (Å²) in [5.41, 5.74) is 5.78. The number of aromatic nitrogens is 3. The number of ether oxygens (including phenoxy) is 1. The van der Waals surface area contributed by atoms with E-state index < -0.39 is 0 Å². The molecule has 140 valence electrons. The first-order valence-corrected chi connectivity index (χ1v) is 9.59. The van der Waals surface area contributed by atoms with Crippen LogP contribution in [0, 0.1) is 0 Å². The zero-order valence-electron chi connectivity index (χ0n) is 16.7. The molecule has 0 spiro atoms. The van der Waals surface area contributed by atoms with Gasteiger partial charge in [0, 0.05) is 19.9 Å². The van der Waals surface area contributed by atoms with Gasteiger partial charge < -0.3 is 4.74 Å². The van der Waals surface area contributed by atoms with E-state index in [9.17, 15) is 0 Å². The molecule has 0 aliphatic heterocycles. The van der Waals surface area contributed by atoms with Crippen molar-refractivity contribution in [1.29, 1.82) is 0 Å². The molecular weight excluding hydrogens is 322 g/mol. The summed E-state index contributed by atoms with van der Waals surface area (Å²) in [4.78, 5) is 4.57. The smallest absolute Gasteiger partial charge is 0.112 e. The van der Waals surface area contributed by atoms with Crippen LogP contribution in [0.1, 0.15) is 56.9 Å². The number of fused-ring (bicyclic) bond motifs is 1. The first kappa shape index (κ1) is 20.1. The van der Waals surface area contributed by atoms with Gasteiger partial charge in [-0.25, -0.2) is 0 Å². The van der Waals surface area contributed by atoms with Crippen LogP contribution in [0.25, 0.3) is 11.0 Å². The van der Waals surface area contributed by atoms with Gasteiger partial charge in [-0.3, -0.25) is 9.67 Å². The van der Waals surface area contributed by atoms with E-state index in [1.165, 1.54) is 11.1 Å². The molecule has 0 saturated carbocycles. The summed E-state index contributed by atoms with van der Waals surface area (Å²) < 4.78 is 7.74. The average Bonchev–Trinajstić information content (AvgIpc) is 3.00. The fourth-order valence-corrected chi connectivity index (χ4v) is 3.04. The predicted molar refractivity (Wildman–Crippen MR) is 108 cm³/mol. The lowest BCUT2D eigenvalue weighted by Gasteiger charge is -2.07. The molecule has 3 aromatic rings. The maximum atomic E-state index is 5.77. The van der Waals surface area contributed by atoms with Gasteiger partial charge in [-0.05, 0) is 36.0 Å². The maximum Gasteiger partial charge on any atom is 0.112 e. The SMILES string of the molecule is CC.CC(C)c1ccnc2c(CCCOCc3ccccc3)nn(C)c12. The molecule has 26 heavy (non-hydrogen) atoms. The third-order valence-corrected chi connectivity index (χ3v) is 4.26. The third kappa shape index (κ3) is 4.92. The first-order chi connectivity index (χ1) is 12.7. The van der Waals surface area contributed by atoms with Crippen LogP contribution in [0.15, 0.2) is 42.6 Å². The highest BCUT2D eigenvalue weighted by molar-refractivity contribution is 5.81. The lowest BCUT2D eigenvalue weighted by Crippen LogP contribution is -1.99. The van der Waals surface area contributed by atoms with E-state index in [-0.39, 0.29) is 0 Å². The van der Waals surface area contributed by atoms with Gasteiger partial charge >= 0.3 is 0 Å². The molecule has 0 bridgehead atoms. The monoisotopic (exact) mass is 353 g/mol. The van der Waals surface area contributed by atoms with E-state index in [2.05, 4.69) is 42.1 Å². The average molecular weight is 354 g/mol. The molecule has 0 aliphatic rings. The van der Waals surface area contributed by atoms with Gasteiger partial charge in [-0.2, -0.15) is 5.10 Å². The minimum Gasteiger partial charge on any atom is -0.377 e. The van der Waals surface area contributed by atoms with E-state index in [4.69, 9.17) is 4.74 Å². The minimum atomic E-state index is 0.466. The number of hydrogen-bond acceptors (Lipinski definition) is 3. The quantitative estimate of drug-likeness (QED) is 0.543. The molecule has 0 unspecified atom stereocenters. The molecule has 1 aromatic carbocycles. The molecular formula is C22H31N3O. The second-order valence-corrected chi connectivity index (χ2v) is 6.46. The van der Waals surface area contributed by atoms with Crippen LogP contribution in [0.5, 0.6) is 0 Å². The third-order valence-electron chi connectivity index (χ3n) is 4.26. The summed E-state index contributed by atoms with van der Waals surface area (Å²) in [6.45, 7) is 9.81. The van der Waals surface area contributed by atoms with Crippen molar-refractivity contribution < 1.29 is 4.74 Å². The lowest BCUT2D eigenvalue weighted by molar-refractivity contribution is 0.118. The highest BCUT2D eigenvalue weighted by atomic mass is 16.5. The van der Waals surface area contributed by atoms with Crippen LogP contribution < -0.4 is 0 Å². The van der Waals surface area contributed by atoms with Crippen molar-refractivity contribution >= 4 is 11.0 Å². The van der Waals surface area contributed by atoms with Crippen molar-refractivity contribution in [2.45, 2.75) is 53.1 Å². The first-order valence-electron chi connectivity index (χ1n) is 9.59. The van der Waals surface area contributed by atoms with Crippen LogP contribution >= 0.6 is 0 Å². The van der Waals surface area contributed by atoms with Crippen molar-refractivity contribution in [3.05, 3.63) is 59.4 Å². The maximum absolute atomic E-state index is 5.77. The second kappa shape index (κ2) is 10.1. The molecule has 0 atom stereocenters. The fraction of sp³-hybridized carbons (Fsp3) is 0.455. The van der Waals surface area contributed by atoms with Crippen molar-refractivity contribution in [3.8, 4) is 0 Å². The number of pyridine rings is 1. The molecule has 0 amide bonds. The van der Waals surface area contributed by atoms with Crippen molar-refractivity contribution in [2.24, 2.45) is 7.05 Å². The van der Waals surface area contributed by atoms with E-state index in [0.717, 1.165) is 36.2 Å². The fourth-order valence-electron chi connectivity index (χ4n) is 3.04. The van der Waals surface area contributed by atoms with Crippen LogP contribution in [0.3, 0.4) is 0 Å². The summed E-state index contributed by atoms with van der Waals surface area (Å²) in [5.74, 6) is 0.466. The Kier molecular flexibility index (Phi) is 7.79. The standard InChI is InChI=1S/C20H25N3O.C2H6/c1-15(2)17-11-12-21-19-18(22-23(3)20(17)19)10-7-13-24-14-16-8-5-4-6-9-16;1-2/h4-6,8-9,11-12,15H,7,10,13-14H2,1-3H3;1-2H3. The molecule has 0 saturated heterocycles. The molecule has 4 heteroatoms. The van der Waals surface area contributed by atoms with Crippen molar-refractivity contribution in [1.82, 2.24) is 14.8 Å². The zero-order chi connectivity index (χ0) is 18.9. The summed E-state index contributed by atoms with van der Waals surface area (Å²) in [5, 5.41) is 4.69. The number of benzene rings is 1. The number of nitrogens with zero attached hydrogens (tertiary/aromatic N) is 3. The Morgan fingerprint density at radius 2 is 1.81 bits per heavy atom. The van der Waals surface area contributed by atoms with Crippen molar-refractivity contribution in [3.63, 3.8) is 0 Å². The summed E-state index contributed by atoms with van der Waals surface area (Å²) >= 11 is 0. The van der Waals surface area contributed by atoms with Crippen LogP contribution in [-0.4, -0.2) is 21.4 Å². The van der Waals surface area contributed by atoms with Gasteiger partial charge in [-0.15, -0.1) is 0 Å². The van der Waals surface area contributed by atoms with E-state index in [1.54, 1.807) is 0 Å². The Bertz CT molecular complexity index is 794. The highest BCUT2D eigenvalue weighted by Crippen LogP contribution is 2.25. The number of aryl methyl sites for hydroxylation is 2. The molecule has 0 N–H and O–H groups in total. The Morgan fingerprint density at radius 1 is 1.08 bits per heavy atom. The normalized spacial score (nSPS) is 10.8. The second-order valence-electron chi connectivity index (χ2n) is 6.46. The van der Waals surface area contributed by atoms with Crippen LogP contribution in [0.2, 0.25) is 0 Å². The van der Waals surface area contributed by atoms with Gasteiger partial charge in [0.2, 0.25) is 0 Å². The van der Waals surface area contributed by atoms with Gasteiger partial charge in [0.25, 0.3) is 0 Å². The molecule has 2 heterocycles. The Labute approximate surface area is 157 Å². The summed E-state index contributed by atoms with van der Waals surface area (Å²) in [6.07, 6.45) is 3.74. The Balaban J connectivity index is 0.00000117. The Hall–Kier alpha value is -2.20. The number of hydrogen-bond donors (Lipinski definition) is 0. The molecule has 0 fully saturated rings. The van der Waals surface area contributed by atoms with Gasteiger partial charge in [0.15, 0.2) is 0 Å². The molecule has 2 aromatic heterocycles. The van der Waals surface area contributed by atoms with E-state index in [0.29, 0.717) is 12.5 Å². The van der Waals surface area contributed by atoms with Gasteiger partial charge in [-0.1, -0.05) is 58.0 Å². The topological polar surface area (TPSA) is 39.9 Å². The Morgan fingerprint density at radius 3 is 2.50 bits per heavy atom. The molecule has 0 radical (unpaired) electrons. The zero-order valence-corrected chi connectivity index (χ0v) is 16.7. The summed E-state index contributed by atoms with van der Waals surface area (Å²) in [7, 11) is 2.01. The minimum absolute atomic E-state index is 0.466. The predicted octanol–water partition coefficient (Wildman–Crippen LogP) is 5.27. The van der Waals surface area contributed by atoms with Crippen LogP contribution in [0.4, 0.5) is 0 Å². The molecule has 0 aliphatic carbocycles. The van der Waals surface area contributed by atoms with Gasteiger partial charge in [0.1, 0.15) is 5.52 Å². The van der Waals surface area contributed by atoms with Gasteiger partial charge in [0.05, 0.1) is 17.8 Å². The largest absolute Gasteiger partial charge is 0.377 e. The number of rotatable bonds is 7. The summed E-state index contributed by atoms with van der Waals surface area (Å²) in [6, 6.07) is 12.4. The van der Waals surface area contributed by atoms with E-state index in [1.807, 2.05) is 50.0 Å². The van der Waals surface area contributed by atoms with Crippen LogP contribution in [-0.2, 0) is 24.8 Å². The highest BCUT2D eigenvalue weighted by Gasteiger charge is 2.14. The van der Waals surface area contributed by atoms with Crippen molar-refractivity contribution in [2.75, 3.05) is 6.61 Å².